The number of ether oxygens (including phenoxy) is 1. The number of furan rings is 1. The highest BCUT2D eigenvalue weighted by Gasteiger charge is 2.09. The molecule has 4 heteroatoms. The molecule has 2 aromatic heterocycles. The number of fused-ring (bicyclic) bond motifs is 4. The van der Waals surface area contributed by atoms with Gasteiger partial charge in [0, 0.05) is 10.8 Å². The molecule has 4 nitrogen and oxygen atoms in total. The van der Waals surface area contributed by atoms with Gasteiger partial charge in [-0.2, -0.15) is 0 Å². The molecule has 5 rings (SSSR count). The fourth-order valence-electron chi connectivity index (χ4n) is 3.21. The lowest BCUT2D eigenvalue weighted by Crippen LogP contribution is -2.03. The summed E-state index contributed by atoms with van der Waals surface area (Å²) in [4.78, 5) is 9.30. The zero-order valence-corrected chi connectivity index (χ0v) is 14.3. The lowest BCUT2D eigenvalue weighted by molar-refractivity contribution is 0.300. The van der Waals surface area contributed by atoms with Gasteiger partial charge in [-0.25, -0.2) is 9.97 Å². The van der Waals surface area contributed by atoms with Gasteiger partial charge in [0.15, 0.2) is 0 Å². The third-order valence-corrected chi connectivity index (χ3v) is 4.57. The van der Waals surface area contributed by atoms with Crippen molar-refractivity contribution in [2.24, 2.45) is 0 Å². The van der Waals surface area contributed by atoms with Crippen molar-refractivity contribution in [2.75, 3.05) is 0 Å². The summed E-state index contributed by atoms with van der Waals surface area (Å²) in [7, 11) is 0. The molecular weight excluding hydrogens is 324 g/mol. The molecule has 5 aromatic rings. The molecule has 0 atom stereocenters. The first-order valence-corrected chi connectivity index (χ1v) is 8.54. The van der Waals surface area contributed by atoms with Gasteiger partial charge >= 0.3 is 0 Å². The molecular formula is C22H16N2O2. The van der Waals surface area contributed by atoms with Crippen molar-refractivity contribution in [2.45, 2.75) is 13.5 Å². The van der Waals surface area contributed by atoms with E-state index >= 15 is 0 Å². The van der Waals surface area contributed by atoms with Crippen LogP contribution in [-0.4, -0.2) is 9.97 Å². The Labute approximate surface area is 150 Å². The van der Waals surface area contributed by atoms with Gasteiger partial charge in [-0.1, -0.05) is 30.3 Å². The van der Waals surface area contributed by atoms with Crippen LogP contribution in [0.1, 0.15) is 11.4 Å². The van der Waals surface area contributed by atoms with Crippen LogP contribution >= 0.6 is 0 Å². The van der Waals surface area contributed by atoms with Crippen molar-refractivity contribution >= 4 is 33.0 Å². The van der Waals surface area contributed by atoms with E-state index in [1.165, 1.54) is 0 Å². The highest BCUT2D eigenvalue weighted by Crippen LogP contribution is 2.31. The molecule has 3 aromatic carbocycles. The Kier molecular flexibility index (Phi) is 3.35. The largest absolute Gasteiger partial charge is 0.487 e. The zero-order chi connectivity index (χ0) is 17.5. The van der Waals surface area contributed by atoms with E-state index in [4.69, 9.17) is 9.15 Å². The van der Waals surface area contributed by atoms with Crippen LogP contribution in [0.4, 0.5) is 0 Å². The number of benzene rings is 3. The normalized spacial score (nSPS) is 11.4. The van der Waals surface area contributed by atoms with E-state index in [1.54, 1.807) is 0 Å². The molecule has 0 bridgehead atoms. The predicted octanol–water partition coefficient (Wildman–Crippen LogP) is 5.42. The van der Waals surface area contributed by atoms with Crippen molar-refractivity contribution in [1.29, 1.82) is 0 Å². The Bertz CT molecular complexity index is 1260. The number of aromatic nitrogens is 2. The summed E-state index contributed by atoms with van der Waals surface area (Å²) in [6.45, 7) is 2.34. The van der Waals surface area contributed by atoms with Gasteiger partial charge in [-0.05, 0) is 43.3 Å². The highest BCUT2D eigenvalue weighted by molar-refractivity contribution is 6.05. The molecule has 0 saturated carbocycles. The second-order valence-electron chi connectivity index (χ2n) is 6.29. The third-order valence-electron chi connectivity index (χ3n) is 4.57. The van der Waals surface area contributed by atoms with Crippen molar-refractivity contribution < 1.29 is 9.15 Å². The smallest absolute Gasteiger partial charge is 0.135 e. The summed E-state index contributed by atoms with van der Waals surface area (Å²) >= 11 is 0. The molecule has 2 heterocycles. The molecule has 0 aliphatic rings. The maximum Gasteiger partial charge on any atom is 0.135 e. The predicted molar refractivity (Wildman–Crippen MR) is 102 cm³/mol. The lowest BCUT2D eigenvalue weighted by Gasteiger charge is -2.09. The van der Waals surface area contributed by atoms with Crippen molar-refractivity contribution in [1.82, 2.24) is 9.97 Å². The Morgan fingerprint density at radius 2 is 1.54 bits per heavy atom. The van der Waals surface area contributed by atoms with E-state index in [0.717, 1.165) is 50.1 Å². The monoisotopic (exact) mass is 340 g/mol. The van der Waals surface area contributed by atoms with E-state index in [0.29, 0.717) is 6.61 Å². The molecule has 0 amide bonds. The minimum absolute atomic E-state index is 0.380. The minimum atomic E-state index is 0.380. The maximum atomic E-state index is 6.00. The third kappa shape index (κ3) is 2.47. The van der Waals surface area contributed by atoms with Gasteiger partial charge in [0.2, 0.25) is 0 Å². The number of para-hydroxylation sites is 3. The second kappa shape index (κ2) is 5.85. The summed E-state index contributed by atoms with van der Waals surface area (Å²) in [5.41, 5.74) is 5.27. The number of hydrogen-bond donors (Lipinski definition) is 0. The van der Waals surface area contributed by atoms with Gasteiger partial charge in [-0.3, -0.25) is 0 Å². The number of nitrogens with zero attached hydrogens (tertiary/aromatic N) is 2. The van der Waals surface area contributed by atoms with Gasteiger partial charge < -0.3 is 9.15 Å². The van der Waals surface area contributed by atoms with E-state index in [9.17, 15) is 0 Å². The first-order valence-electron chi connectivity index (χ1n) is 8.54. The lowest BCUT2D eigenvalue weighted by atomic mass is 10.1. The van der Waals surface area contributed by atoms with Crippen LogP contribution in [-0.2, 0) is 6.61 Å². The first-order chi connectivity index (χ1) is 12.8. The fourth-order valence-corrected chi connectivity index (χ4v) is 3.21. The van der Waals surface area contributed by atoms with Crippen LogP contribution in [0.3, 0.4) is 0 Å². The van der Waals surface area contributed by atoms with Crippen molar-refractivity contribution in [3.8, 4) is 5.75 Å². The van der Waals surface area contributed by atoms with Crippen LogP contribution in [0.25, 0.3) is 33.0 Å². The summed E-state index contributed by atoms with van der Waals surface area (Å²) in [5, 5.41) is 2.15. The van der Waals surface area contributed by atoms with E-state index < -0.39 is 0 Å². The van der Waals surface area contributed by atoms with Gasteiger partial charge in [0.1, 0.15) is 23.5 Å². The first kappa shape index (κ1) is 14.9. The van der Waals surface area contributed by atoms with E-state index in [1.807, 2.05) is 67.6 Å². The number of hydrogen-bond acceptors (Lipinski definition) is 4. The average molecular weight is 340 g/mol. The van der Waals surface area contributed by atoms with Crippen LogP contribution < -0.4 is 4.74 Å². The molecule has 0 aliphatic carbocycles. The van der Waals surface area contributed by atoms with E-state index in [2.05, 4.69) is 16.0 Å². The maximum absolute atomic E-state index is 6.00. The van der Waals surface area contributed by atoms with Crippen LogP contribution in [0.15, 0.2) is 71.1 Å². The quantitative estimate of drug-likeness (QED) is 0.440. The van der Waals surface area contributed by atoms with Crippen LogP contribution in [0.2, 0.25) is 0 Å². The number of rotatable bonds is 3. The Morgan fingerprint density at radius 3 is 2.42 bits per heavy atom. The van der Waals surface area contributed by atoms with Crippen LogP contribution in [0, 0.1) is 6.92 Å². The summed E-state index contributed by atoms with van der Waals surface area (Å²) < 4.78 is 11.9. The van der Waals surface area contributed by atoms with Gasteiger partial charge in [-0.15, -0.1) is 0 Å². The standard InChI is InChI=1S/C22H16N2O2/c1-14-20(24-19-8-4-3-7-18(19)23-14)13-25-15-10-11-22-17(12-15)16-6-2-5-9-21(16)26-22/h2-12H,13H2,1H3. The minimum Gasteiger partial charge on any atom is -0.487 e. The fraction of sp³-hybridized carbons (Fsp3) is 0.0909. The summed E-state index contributed by atoms with van der Waals surface area (Å²) in [5.74, 6) is 0.790. The topological polar surface area (TPSA) is 48.2 Å². The molecule has 0 radical (unpaired) electrons. The molecule has 0 unspecified atom stereocenters. The molecule has 0 fully saturated rings. The molecule has 0 spiro atoms. The van der Waals surface area contributed by atoms with Crippen molar-refractivity contribution in [3.63, 3.8) is 0 Å². The van der Waals surface area contributed by atoms with Gasteiger partial charge in [0.25, 0.3) is 0 Å². The van der Waals surface area contributed by atoms with Crippen LogP contribution in [0.5, 0.6) is 5.75 Å². The Hall–Kier alpha value is -3.40. The molecule has 126 valence electrons. The Balaban J connectivity index is 1.48. The molecule has 0 saturated heterocycles. The number of aryl methyl sites for hydroxylation is 1. The summed E-state index contributed by atoms with van der Waals surface area (Å²) in [6, 6.07) is 21.8. The molecule has 0 N–H and O–H groups in total. The summed E-state index contributed by atoms with van der Waals surface area (Å²) in [6.07, 6.45) is 0. The second-order valence-corrected chi connectivity index (χ2v) is 6.29. The SMILES string of the molecule is Cc1nc2ccccc2nc1COc1ccc2oc3ccccc3c2c1. The molecule has 0 aliphatic heterocycles. The van der Waals surface area contributed by atoms with Crippen molar-refractivity contribution in [3.05, 3.63) is 78.1 Å². The van der Waals surface area contributed by atoms with Gasteiger partial charge in [0.05, 0.1) is 22.4 Å². The Morgan fingerprint density at radius 1 is 0.808 bits per heavy atom. The zero-order valence-electron chi connectivity index (χ0n) is 14.3. The van der Waals surface area contributed by atoms with E-state index in [-0.39, 0.29) is 0 Å². The average Bonchev–Trinajstić information content (AvgIpc) is 3.04. The highest BCUT2D eigenvalue weighted by atomic mass is 16.5. The molecule has 26 heavy (non-hydrogen) atoms.